The minimum atomic E-state index is -0.0648. The highest BCUT2D eigenvalue weighted by Gasteiger charge is 2.10. The number of H-pyrrole nitrogens is 1. The number of phenolic OH excluding ortho intramolecular Hbond substituents is 1. The number of halogens is 1. The predicted octanol–water partition coefficient (Wildman–Crippen LogP) is 5.69. The third-order valence-electron chi connectivity index (χ3n) is 5.66. The van der Waals surface area contributed by atoms with Crippen molar-refractivity contribution in [2.75, 3.05) is 13.1 Å². The lowest BCUT2D eigenvalue weighted by molar-refractivity contribution is 0.0953. The van der Waals surface area contributed by atoms with Crippen LogP contribution in [0.5, 0.6) is 5.75 Å². The quantitative estimate of drug-likeness (QED) is 0.223. The number of aromatic nitrogens is 1. The van der Waals surface area contributed by atoms with Crippen molar-refractivity contribution in [3.05, 3.63) is 106 Å². The largest absolute Gasteiger partial charge is 0.508 e. The molecule has 0 radical (unpaired) electrons. The van der Waals surface area contributed by atoms with Gasteiger partial charge in [0, 0.05) is 46.8 Å². The molecule has 4 rings (SSSR count). The highest BCUT2D eigenvalue weighted by molar-refractivity contribution is 6.30. The van der Waals surface area contributed by atoms with Crippen molar-refractivity contribution in [2.45, 2.75) is 19.4 Å². The molecule has 0 aliphatic rings. The molecule has 174 valence electrons. The maximum Gasteiger partial charge on any atom is 0.251 e. The van der Waals surface area contributed by atoms with E-state index in [9.17, 15) is 9.90 Å². The fraction of sp³-hybridized carbons (Fsp3) is 0.179. The Labute approximate surface area is 204 Å². The van der Waals surface area contributed by atoms with Gasteiger partial charge in [-0.3, -0.25) is 4.79 Å². The molecule has 0 aliphatic carbocycles. The van der Waals surface area contributed by atoms with Gasteiger partial charge < -0.3 is 20.7 Å². The fourth-order valence-corrected chi connectivity index (χ4v) is 4.12. The highest BCUT2D eigenvalue weighted by atomic mass is 35.5. The van der Waals surface area contributed by atoms with Crippen LogP contribution in [-0.4, -0.2) is 29.1 Å². The molecule has 0 fully saturated rings. The lowest BCUT2D eigenvalue weighted by atomic mass is 10.1. The molecule has 0 unspecified atom stereocenters. The van der Waals surface area contributed by atoms with Crippen molar-refractivity contribution < 1.29 is 9.90 Å². The van der Waals surface area contributed by atoms with E-state index in [1.54, 1.807) is 12.1 Å². The number of hydrogen-bond acceptors (Lipinski definition) is 3. The third-order valence-corrected chi connectivity index (χ3v) is 5.89. The maximum absolute atomic E-state index is 12.7. The molecule has 3 aromatic carbocycles. The minimum Gasteiger partial charge on any atom is -0.508 e. The Balaban J connectivity index is 1.25. The van der Waals surface area contributed by atoms with Gasteiger partial charge in [0.2, 0.25) is 0 Å². The summed E-state index contributed by atoms with van der Waals surface area (Å²) in [7, 11) is 0. The third kappa shape index (κ3) is 6.28. The summed E-state index contributed by atoms with van der Waals surface area (Å²) in [6, 6.07) is 20.7. The van der Waals surface area contributed by atoms with E-state index in [4.69, 9.17) is 11.6 Å². The number of carbonyl (C=O) groups excluding carboxylic acids is 1. The molecule has 0 atom stereocenters. The summed E-state index contributed by atoms with van der Waals surface area (Å²) in [5.41, 5.74) is 4.83. The Bertz CT molecular complexity index is 1300. The number of aromatic amines is 1. The second-order valence-corrected chi connectivity index (χ2v) is 8.57. The van der Waals surface area contributed by atoms with Crippen LogP contribution in [0.2, 0.25) is 5.02 Å². The number of amides is 1. The minimum absolute atomic E-state index is 0.0648. The number of benzene rings is 3. The van der Waals surface area contributed by atoms with Gasteiger partial charge in [0.15, 0.2) is 0 Å². The van der Waals surface area contributed by atoms with Gasteiger partial charge in [0.25, 0.3) is 5.91 Å². The first kappa shape index (κ1) is 23.6. The van der Waals surface area contributed by atoms with E-state index in [1.807, 2.05) is 72.9 Å². The average molecular weight is 474 g/mol. The van der Waals surface area contributed by atoms with Crippen LogP contribution < -0.4 is 10.6 Å². The van der Waals surface area contributed by atoms with Gasteiger partial charge in [-0.15, -0.1) is 0 Å². The van der Waals surface area contributed by atoms with Gasteiger partial charge in [-0.05, 0) is 66.4 Å². The Hall–Kier alpha value is -3.54. The molecule has 0 spiro atoms. The van der Waals surface area contributed by atoms with E-state index in [2.05, 4.69) is 15.6 Å². The number of phenols is 1. The summed E-state index contributed by atoms with van der Waals surface area (Å²) in [6.45, 7) is 1.95. The summed E-state index contributed by atoms with van der Waals surface area (Å²) in [6.07, 6.45) is 7.60. The second-order valence-electron chi connectivity index (χ2n) is 8.13. The van der Waals surface area contributed by atoms with E-state index >= 15 is 0 Å². The van der Waals surface area contributed by atoms with E-state index in [0.29, 0.717) is 23.7 Å². The zero-order valence-corrected chi connectivity index (χ0v) is 19.6. The number of aromatic hydroxyl groups is 1. The Kier molecular flexibility index (Phi) is 8.02. The molecule has 6 heteroatoms. The van der Waals surface area contributed by atoms with Crippen LogP contribution in [0.25, 0.3) is 17.0 Å². The molecule has 0 bridgehead atoms. The monoisotopic (exact) mass is 473 g/mol. The molecular formula is C28H28ClN3O2. The molecule has 0 saturated heterocycles. The van der Waals surface area contributed by atoms with Gasteiger partial charge in [0.1, 0.15) is 5.75 Å². The van der Waals surface area contributed by atoms with Gasteiger partial charge in [-0.1, -0.05) is 54.1 Å². The van der Waals surface area contributed by atoms with Crippen LogP contribution >= 0.6 is 11.6 Å². The molecule has 5 nitrogen and oxygen atoms in total. The summed E-state index contributed by atoms with van der Waals surface area (Å²) < 4.78 is 0. The predicted molar refractivity (Wildman–Crippen MR) is 139 cm³/mol. The Morgan fingerprint density at radius 3 is 2.76 bits per heavy atom. The van der Waals surface area contributed by atoms with Crippen molar-refractivity contribution in [1.82, 2.24) is 15.6 Å². The summed E-state index contributed by atoms with van der Waals surface area (Å²) in [5, 5.41) is 17.9. The molecule has 1 amide bonds. The van der Waals surface area contributed by atoms with E-state index in [-0.39, 0.29) is 11.7 Å². The summed E-state index contributed by atoms with van der Waals surface area (Å²) >= 11 is 6.00. The van der Waals surface area contributed by atoms with E-state index < -0.39 is 0 Å². The molecular weight excluding hydrogens is 446 g/mol. The van der Waals surface area contributed by atoms with Crippen molar-refractivity contribution in [3.8, 4) is 5.75 Å². The number of hydrogen-bond donors (Lipinski definition) is 4. The smallest absolute Gasteiger partial charge is 0.251 e. The summed E-state index contributed by atoms with van der Waals surface area (Å²) in [5.74, 6) is 0.191. The van der Waals surface area contributed by atoms with E-state index in [0.717, 1.165) is 41.4 Å². The van der Waals surface area contributed by atoms with E-state index in [1.165, 1.54) is 5.56 Å². The van der Waals surface area contributed by atoms with Crippen LogP contribution in [0.1, 0.15) is 33.5 Å². The fourth-order valence-electron chi connectivity index (χ4n) is 3.92. The van der Waals surface area contributed by atoms with Crippen LogP contribution in [0.15, 0.2) is 79.0 Å². The van der Waals surface area contributed by atoms with Crippen molar-refractivity contribution in [2.24, 2.45) is 0 Å². The Morgan fingerprint density at radius 2 is 1.88 bits per heavy atom. The summed E-state index contributed by atoms with van der Waals surface area (Å²) in [4.78, 5) is 15.9. The highest BCUT2D eigenvalue weighted by Crippen LogP contribution is 2.22. The molecule has 4 aromatic rings. The first-order valence-corrected chi connectivity index (χ1v) is 11.8. The maximum atomic E-state index is 12.7. The normalized spacial score (nSPS) is 11.3. The first-order chi connectivity index (χ1) is 16.6. The zero-order chi connectivity index (χ0) is 23.8. The Morgan fingerprint density at radius 1 is 1.00 bits per heavy atom. The molecule has 0 aliphatic heterocycles. The average Bonchev–Trinajstić information content (AvgIpc) is 3.23. The molecule has 0 saturated carbocycles. The van der Waals surface area contributed by atoms with Crippen LogP contribution in [0.4, 0.5) is 0 Å². The van der Waals surface area contributed by atoms with Crippen LogP contribution in [0.3, 0.4) is 0 Å². The molecule has 34 heavy (non-hydrogen) atoms. The SMILES string of the molecule is O=C(NCCC=Cc1cccc(Cl)c1)c1ccccc1CNCCc1c[nH]c2cc(O)ccc12. The van der Waals surface area contributed by atoms with Gasteiger partial charge in [-0.2, -0.15) is 0 Å². The first-order valence-electron chi connectivity index (χ1n) is 11.4. The number of fused-ring (bicyclic) bond motifs is 1. The van der Waals surface area contributed by atoms with Gasteiger partial charge in [0.05, 0.1) is 0 Å². The van der Waals surface area contributed by atoms with Gasteiger partial charge >= 0.3 is 0 Å². The van der Waals surface area contributed by atoms with Crippen LogP contribution in [-0.2, 0) is 13.0 Å². The van der Waals surface area contributed by atoms with Crippen molar-refractivity contribution >= 4 is 34.5 Å². The van der Waals surface area contributed by atoms with Gasteiger partial charge in [-0.25, -0.2) is 0 Å². The lowest BCUT2D eigenvalue weighted by Crippen LogP contribution is -2.26. The molecule has 1 aromatic heterocycles. The van der Waals surface area contributed by atoms with Crippen LogP contribution in [0, 0.1) is 0 Å². The molecule has 1 heterocycles. The molecule has 4 N–H and O–H groups in total. The topological polar surface area (TPSA) is 77.2 Å². The second kappa shape index (κ2) is 11.5. The van der Waals surface area contributed by atoms with Crippen molar-refractivity contribution in [1.29, 1.82) is 0 Å². The van der Waals surface area contributed by atoms with Crippen molar-refractivity contribution in [3.63, 3.8) is 0 Å². The number of carbonyl (C=O) groups is 1. The number of nitrogens with one attached hydrogen (secondary N) is 3. The number of rotatable bonds is 10. The lowest BCUT2D eigenvalue weighted by Gasteiger charge is -2.11. The zero-order valence-electron chi connectivity index (χ0n) is 18.9. The standard InChI is InChI=1S/C28H28ClN3O2/c29-23-9-5-7-20(16-23)6-3-4-14-31-28(34)26-10-2-1-8-21(26)18-30-15-13-22-19-32-27-17-24(33)11-12-25(22)27/h1-3,5-12,16-17,19,30,32-33H,4,13-15,18H2,(H,31,34).